The highest BCUT2D eigenvalue weighted by Gasteiger charge is 2.15. The number of rotatable bonds is 8. The van der Waals surface area contributed by atoms with Crippen LogP contribution in [-0.4, -0.2) is 52.5 Å². The van der Waals surface area contributed by atoms with Crippen molar-refractivity contribution >= 4 is 28.1 Å². The minimum Gasteiger partial charge on any atom is -0.486 e. The molecule has 1 aromatic carbocycles. The summed E-state index contributed by atoms with van der Waals surface area (Å²) in [5.41, 5.74) is 0. The van der Waals surface area contributed by atoms with Crippen LogP contribution in [0.25, 0.3) is 11.6 Å². The van der Waals surface area contributed by atoms with E-state index in [0.29, 0.717) is 23.0 Å². The Morgan fingerprint density at radius 2 is 1.90 bits per heavy atom. The number of H-pyrrole nitrogens is 1. The van der Waals surface area contributed by atoms with E-state index in [1.54, 1.807) is 0 Å². The Morgan fingerprint density at radius 3 is 2.69 bits per heavy atom. The lowest BCUT2D eigenvalue weighted by Crippen LogP contribution is -2.37. The molecule has 0 aliphatic carbocycles. The molecule has 0 bridgehead atoms. The summed E-state index contributed by atoms with van der Waals surface area (Å²) in [4.78, 5) is 2.41. The Morgan fingerprint density at radius 1 is 1.10 bits per heavy atom. The van der Waals surface area contributed by atoms with E-state index in [-0.39, 0.29) is 0 Å². The lowest BCUT2D eigenvalue weighted by atomic mass is 10.3. The molecule has 1 saturated heterocycles. The SMILES string of the molecule is S=c1[nH]nc(-c2ccc(COc3ccc(Br)cc3)o2)n1CCCN1CCOCC1. The highest BCUT2D eigenvalue weighted by molar-refractivity contribution is 9.10. The first-order chi connectivity index (χ1) is 14.2. The average Bonchev–Trinajstić information content (AvgIpc) is 3.35. The summed E-state index contributed by atoms with van der Waals surface area (Å²) in [7, 11) is 0. The van der Waals surface area contributed by atoms with Gasteiger partial charge in [0.05, 0.1) is 13.2 Å². The number of benzene rings is 1. The lowest BCUT2D eigenvalue weighted by Gasteiger charge is -2.26. The zero-order chi connectivity index (χ0) is 20.1. The van der Waals surface area contributed by atoms with Crippen LogP contribution in [0.2, 0.25) is 0 Å². The van der Waals surface area contributed by atoms with Crippen LogP contribution in [0.1, 0.15) is 12.2 Å². The van der Waals surface area contributed by atoms with E-state index >= 15 is 0 Å². The summed E-state index contributed by atoms with van der Waals surface area (Å²) in [5.74, 6) is 2.92. The van der Waals surface area contributed by atoms with E-state index in [0.717, 1.165) is 61.8 Å². The van der Waals surface area contributed by atoms with Crippen molar-refractivity contribution < 1.29 is 13.9 Å². The summed E-state index contributed by atoms with van der Waals surface area (Å²) in [6.07, 6.45) is 0.987. The van der Waals surface area contributed by atoms with Crippen molar-refractivity contribution in [1.29, 1.82) is 0 Å². The second-order valence-corrected chi connectivity index (χ2v) is 8.12. The topological polar surface area (TPSA) is 68.5 Å². The zero-order valence-corrected chi connectivity index (χ0v) is 18.4. The Bertz CT molecular complexity index is 976. The Labute approximate surface area is 182 Å². The third-order valence-corrected chi connectivity index (χ3v) is 5.64. The number of nitrogens with one attached hydrogen (secondary N) is 1. The smallest absolute Gasteiger partial charge is 0.198 e. The average molecular weight is 479 g/mol. The van der Waals surface area contributed by atoms with Crippen LogP contribution < -0.4 is 4.74 Å². The van der Waals surface area contributed by atoms with Gasteiger partial charge in [0.15, 0.2) is 16.4 Å². The molecule has 3 aromatic rings. The van der Waals surface area contributed by atoms with Gasteiger partial charge in [-0.1, -0.05) is 15.9 Å². The van der Waals surface area contributed by atoms with Gasteiger partial charge < -0.3 is 13.9 Å². The molecule has 0 spiro atoms. The molecular formula is C20H23BrN4O3S. The van der Waals surface area contributed by atoms with Crippen molar-refractivity contribution in [3.63, 3.8) is 0 Å². The van der Waals surface area contributed by atoms with Crippen molar-refractivity contribution in [1.82, 2.24) is 19.7 Å². The van der Waals surface area contributed by atoms with Gasteiger partial charge in [-0.05, 0) is 55.0 Å². The maximum Gasteiger partial charge on any atom is 0.198 e. The number of nitrogens with zero attached hydrogens (tertiary/aromatic N) is 3. The molecule has 1 aliphatic rings. The first-order valence-corrected chi connectivity index (χ1v) is 10.8. The summed E-state index contributed by atoms with van der Waals surface area (Å²) in [5, 5.41) is 7.25. The maximum absolute atomic E-state index is 5.95. The minimum absolute atomic E-state index is 0.351. The van der Waals surface area contributed by atoms with Gasteiger partial charge in [0.2, 0.25) is 0 Å². The molecule has 1 aliphatic heterocycles. The number of aromatic amines is 1. The summed E-state index contributed by atoms with van der Waals surface area (Å²) in [6.45, 7) is 5.76. The van der Waals surface area contributed by atoms with Gasteiger partial charge in [-0.2, -0.15) is 5.10 Å². The summed E-state index contributed by atoms with van der Waals surface area (Å²) >= 11 is 8.83. The quantitative estimate of drug-likeness (QED) is 0.487. The number of furan rings is 1. The molecule has 0 radical (unpaired) electrons. The molecule has 2 aromatic heterocycles. The van der Waals surface area contributed by atoms with Crippen molar-refractivity contribution in [3.05, 3.63) is 51.4 Å². The van der Waals surface area contributed by atoms with Crippen LogP contribution >= 0.6 is 28.1 Å². The number of aromatic nitrogens is 3. The molecule has 1 N–H and O–H groups in total. The second kappa shape index (κ2) is 9.71. The number of hydrogen-bond donors (Lipinski definition) is 1. The molecule has 29 heavy (non-hydrogen) atoms. The van der Waals surface area contributed by atoms with E-state index in [2.05, 4.69) is 31.0 Å². The van der Waals surface area contributed by atoms with E-state index in [9.17, 15) is 0 Å². The predicted octanol–water partition coefficient (Wildman–Crippen LogP) is 4.26. The number of ether oxygens (including phenoxy) is 2. The van der Waals surface area contributed by atoms with Crippen LogP contribution in [0.3, 0.4) is 0 Å². The largest absolute Gasteiger partial charge is 0.486 e. The van der Waals surface area contributed by atoms with Gasteiger partial charge in [-0.3, -0.25) is 14.6 Å². The molecule has 9 heteroatoms. The van der Waals surface area contributed by atoms with E-state index in [1.807, 2.05) is 41.0 Å². The summed E-state index contributed by atoms with van der Waals surface area (Å²) < 4.78 is 20.7. The normalized spacial score (nSPS) is 14.9. The van der Waals surface area contributed by atoms with E-state index in [4.69, 9.17) is 26.1 Å². The highest BCUT2D eigenvalue weighted by atomic mass is 79.9. The third-order valence-electron chi connectivity index (χ3n) is 4.79. The van der Waals surface area contributed by atoms with Gasteiger partial charge in [0.25, 0.3) is 0 Å². The molecule has 1 fully saturated rings. The Kier molecular flexibility index (Phi) is 6.81. The van der Waals surface area contributed by atoms with Crippen molar-refractivity contribution in [2.75, 3.05) is 32.8 Å². The molecule has 154 valence electrons. The lowest BCUT2D eigenvalue weighted by molar-refractivity contribution is 0.0369. The highest BCUT2D eigenvalue weighted by Crippen LogP contribution is 2.23. The molecule has 0 saturated carbocycles. The van der Waals surface area contributed by atoms with Gasteiger partial charge in [0.1, 0.15) is 18.1 Å². The first-order valence-electron chi connectivity index (χ1n) is 9.62. The number of halogens is 1. The second-order valence-electron chi connectivity index (χ2n) is 6.82. The van der Waals surface area contributed by atoms with Crippen molar-refractivity contribution in [3.8, 4) is 17.3 Å². The Balaban J connectivity index is 1.37. The van der Waals surface area contributed by atoms with Crippen LogP contribution in [0.4, 0.5) is 0 Å². The number of hydrogen-bond acceptors (Lipinski definition) is 6. The Hall–Kier alpha value is -1.94. The van der Waals surface area contributed by atoms with E-state index < -0.39 is 0 Å². The number of morpholine rings is 1. The molecular weight excluding hydrogens is 456 g/mol. The monoisotopic (exact) mass is 478 g/mol. The molecule has 4 rings (SSSR count). The van der Waals surface area contributed by atoms with Gasteiger partial charge in [0, 0.05) is 30.7 Å². The van der Waals surface area contributed by atoms with Crippen LogP contribution in [-0.2, 0) is 17.9 Å². The van der Waals surface area contributed by atoms with Crippen LogP contribution in [0, 0.1) is 4.77 Å². The molecule has 7 nitrogen and oxygen atoms in total. The molecule has 0 unspecified atom stereocenters. The third kappa shape index (κ3) is 5.36. The van der Waals surface area contributed by atoms with Crippen molar-refractivity contribution in [2.45, 2.75) is 19.6 Å². The molecule has 0 amide bonds. The maximum atomic E-state index is 5.95. The van der Waals surface area contributed by atoms with Gasteiger partial charge in [-0.25, -0.2) is 0 Å². The predicted molar refractivity (Wildman–Crippen MR) is 115 cm³/mol. The summed E-state index contributed by atoms with van der Waals surface area (Å²) in [6, 6.07) is 11.5. The standard InChI is InChI=1S/C20H23BrN4O3S/c21-15-2-4-16(5-3-15)27-14-17-6-7-18(28-17)19-22-23-20(29)25(19)9-1-8-24-10-12-26-13-11-24/h2-7H,1,8-14H2,(H,23,29). The zero-order valence-electron chi connectivity index (χ0n) is 16.0. The van der Waals surface area contributed by atoms with E-state index in [1.165, 1.54) is 0 Å². The molecule has 3 heterocycles. The fourth-order valence-electron chi connectivity index (χ4n) is 3.25. The van der Waals surface area contributed by atoms with Crippen LogP contribution in [0.5, 0.6) is 5.75 Å². The fourth-order valence-corrected chi connectivity index (χ4v) is 3.74. The first kappa shape index (κ1) is 20.3. The van der Waals surface area contributed by atoms with Gasteiger partial charge in [-0.15, -0.1) is 0 Å². The van der Waals surface area contributed by atoms with Gasteiger partial charge >= 0.3 is 0 Å². The fraction of sp³-hybridized carbons (Fsp3) is 0.400. The van der Waals surface area contributed by atoms with Crippen LogP contribution in [0.15, 0.2) is 45.3 Å². The minimum atomic E-state index is 0.351. The molecule has 0 atom stereocenters. The van der Waals surface area contributed by atoms with Crippen molar-refractivity contribution in [2.24, 2.45) is 0 Å².